The molecule has 0 aliphatic rings. The zero-order chi connectivity index (χ0) is 13.0. The fraction of sp³-hybridized carbons (Fsp3) is 0.273. The van der Waals surface area contributed by atoms with E-state index in [1.165, 1.54) is 18.2 Å². The molecule has 17 heavy (non-hydrogen) atoms. The Hall–Kier alpha value is -1.95. The highest BCUT2D eigenvalue weighted by Gasteiger charge is 2.29. The Morgan fingerprint density at radius 3 is 2.59 bits per heavy atom. The summed E-state index contributed by atoms with van der Waals surface area (Å²) in [5.74, 6) is -4.61. The Balaban J connectivity index is 2.88. The molecule has 1 aromatic carbocycles. The zero-order valence-corrected chi connectivity index (χ0v) is 8.93. The summed E-state index contributed by atoms with van der Waals surface area (Å²) >= 11 is 0. The molecule has 5 nitrogen and oxygen atoms in total. The predicted molar refractivity (Wildman–Crippen MR) is 52.9 cm³/mol. The fourth-order valence-corrected chi connectivity index (χ4v) is 1.48. The van der Waals surface area contributed by atoms with Gasteiger partial charge in [-0.15, -0.1) is 0 Å². The minimum Gasteiger partial charge on any atom is -0.550 e. The van der Waals surface area contributed by atoms with Gasteiger partial charge in [-0.05, 0) is 24.1 Å². The standard InChI is InChI=1S/C11H12FNO4/c12-7-3-1-2-6(4-7)5-8(10(14)15)9(13)11(16)17/h1-4,8-9H,5,13H2,(H,14,15)(H,16,17)/t8-,9-/m0/s1. The zero-order valence-electron chi connectivity index (χ0n) is 8.93. The molecule has 4 N–H and O–H groups in total. The summed E-state index contributed by atoms with van der Waals surface area (Å²) in [6.07, 6.45) is -0.124. The van der Waals surface area contributed by atoms with E-state index in [4.69, 9.17) is 5.11 Å². The van der Waals surface area contributed by atoms with Crippen LogP contribution in [0, 0.1) is 11.7 Å². The second kappa shape index (κ2) is 5.40. The number of aliphatic carboxylic acids is 2. The summed E-state index contributed by atoms with van der Waals surface area (Å²) in [5, 5.41) is 19.5. The normalized spacial score (nSPS) is 14.0. The molecule has 1 aromatic rings. The van der Waals surface area contributed by atoms with Crippen molar-refractivity contribution in [1.82, 2.24) is 0 Å². The molecule has 0 bridgehead atoms. The number of carbonyl (C=O) groups excluding carboxylic acids is 1. The molecule has 0 saturated heterocycles. The first-order valence-electron chi connectivity index (χ1n) is 4.93. The Bertz CT molecular complexity index is 435. The van der Waals surface area contributed by atoms with E-state index in [1.54, 1.807) is 0 Å². The van der Waals surface area contributed by atoms with Crippen molar-refractivity contribution in [3.8, 4) is 0 Å². The number of quaternary nitrogens is 1. The van der Waals surface area contributed by atoms with Crippen molar-refractivity contribution < 1.29 is 29.9 Å². The minimum absolute atomic E-state index is 0.124. The highest BCUT2D eigenvalue weighted by molar-refractivity contribution is 5.80. The van der Waals surface area contributed by atoms with Gasteiger partial charge in [-0.1, -0.05) is 12.1 Å². The molecular weight excluding hydrogens is 229 g/mol. The number of carbonyl (C=O) groups is 2. The molecule has 0 fully saturated rings. The molecule has 0 unspecified atom stereocenters. The SMILES string of the molecule is [NH3+][C@H](C(=O)O)[C@H](Cc1cccc(F)c1)C(=O)[O-]. The maximum absolute atomic E-state index is 12.9. The van der Waals surface area contributed by atoms with Gasteiger partial charge in [0.1, 0.15) is 5.82 Å². The van der Waals surface area contributed by atoms with Gasteiger partial charge in [0.25, 0.3) is 0 Å². The van der Waals surface area contributed by atoms with E-state index in [0.717, 1.165) is 6.07 Å². The molecule has 0 aliphatic heterocycles. The van der Waals surface area contributed by atoms with Crippen molar-refractivity contribution in [3.05, 3.63) is 35.6 Å². The average Bonchev–Trinajstić information content (AvgIpc) is 2.24. The molecule has 2 atom stereocenters. The highest BCUT2D eigenvalue weighted by Crippen LogP contribution is 2.12. The van der Waals surface area contributed by atoms with Crippen LogP contribution in [0.1, 0.15) is 5.56 Å². The third kappa shape index (κ3) is 3.53. The molecule has 1 rings (SSSR count). The van der Waals surface area contributed by atoms with Crippen LogP contribution in [0.4, 0.5) is 4.39 Å². The molecule has 0 radical (unpaired) electrons. The molecule has 0 saturated carbocycles. The lowest BCUT2D eigenvalue weighted by molar-refractivity contribution is -0.424. The molecule has 0 heterocycles. The van der Waals surface area contributed by atoms with E-state index < -0.39 is 29.7 Å². The third-order valence-electron chi connectivity index (χ3n) is 2.45. The molecule has 0 spiro atoms. The molecule has 6 heteroatoms. The van der Waals surface area contributed by atoms with Gasteiger partial charge in [-0.3, -0.25) is 0 Å². The van der Waals surface area contributed by atoms with E-state index in [1.807, 2.05) is 0 Å². The first-order valence-corrected chi connectivity index (χ1v) is 4.93. The number of hydrogen-bond acceptors (Lipinski definition) is 3. The van der Waals surface area contributed by atoms with Gasteiger partial charge in [-0.25, -0.2) is 9.18 Å². The fourth-order valence-electron chi connectivity index (χ4n) is 1.48. The average molecular weight is 241 g/mol. The van der Waals surface area contributed by atoms with Crippen LogP contribution in [0.15, 0.2) is 24.3 Å². The number of hydrogen-bond donors (Lipinski definition) is 2. The summed E-state index contributed by atoms with van der Waals surface area (Å²) in [5.41, 5.74) is 3.66. The van der Waals surface area contributed by atoms with Crippen molar-refractivity contribution in [3.63, 3.8) is 0 Å². The quantitative estimate of drug-likeness (QED) is 0.649. The van der Waals surface area contributed by atoms with Gasteiger partial charge < -0.3 is 20.7 Å². The van der Waals surface area contributed by atoms with Gasteiger partial charge >= 0.3 is 5.97 Å². The molecular formula is C11H12FNO4. The van der Waals surface area contributed by atoms with E-state index in [9.17, 15) is 19.1 Å². The number of carboxylic acid groups (broad SMARTS) is 2. The second-order valence-electron chi connectivity index (χ2n) is 3.70. The Morgan fingerprint density at radius 2 is 2.12 bits per heavy atom. The van der Waals surface area contributed by atoms with Gasteiger partial charge in [0, 0.05) is 0 Å². The Morgan fingerprint density at radius 1 is 1.47 bits per heavy atom. The maximum Gasteiger partial charge on any atom is 0.363 e. The largest absolute Gasteiger partial charge is 0.550 e. The van der Waals surface area contributed by atoms with E-state index in [2.05, 4.69) is 5.73 Å². The first kappa shape index (κ1) is 13.1. The van der Waals surface area contributed by atoms with Crippen molar-refractivity contribution in [2.24, 2.45) is 5.92 Å². The van der Waals surface area contributed by atoms with Gasteiger partial charge in [0.15, 0.2) is 6.04 Å². The van der Waals surface area contributed by atoms with Crippen LogP contribution in [0.3, 0.4) is 0 Å². The van der Waals surface area contributed by atoms with Crippen LogP contribution in [0.25, 0.3) is 0 Å². The Labute approximate surface area is 96.7 Å². The lowest BCUT2D eigenvalue weighted by atomic mass is 9.93. The topological polar surface area (TPSA) is 105 Å². The molecule has 92 valence electrons. The number of rotatable bonds is 5. The lowest BCUT2D eigenvalue weighted by Crippen LogP contribution is -2.70. The van der Waals surface area contributed by atoms with E-state index in [0.29, 0.717) is 5.56 Å². The van der Waals surface area contributed by atoms with Crippen LogP contribution in [-0.4, -0.2) is 23.1 Å². The number of benzene rings is 1. The van der Waals surface area contributed by atoms with Crippen molar-refractivity contribution in [1.29, 1.82) is 0 Å². The van der Waals surface area contributed by atoms with Crippen LogP contribution in [-0.2, 0) is 16.0 Å². The van der Waals surface area contributed by atoms with E-state index in [-0.39, 0.29) is 6.42 Å². The molecule has 0 aromatic heterocycles. The van der Waals surface area contributed by atoms with Gasteiger partial charge in [0.2, 0.25) is 0 Å². The number of carboxylic acids is 2. The van der Waals surface area contributed by atoms with Gasteiger partial charge in [-0.2, -0.15) is 0 Å². The van der Waals surface area contributed by atoms with Crippen molar-refractivity contribution in [2.45, 2.75) is 12.5 Å². The van der Waals surface area contributed by atoms with Crippen LogP contribution >= 0.6 is 0 Å². The van der Waals surface area contributed by atoms with Crippen molar-refractivity contribution in [2.75, 3.05) is 0 Å². The molecule has 0 amide bonds. The smallest absolute Gasteiger partial charge is 0.363 e. The third-order valence-corrected chi connectivity index (χ3v) is 2.45. The lowest BCUT2D eigenvalue weighted by Gasteiger charge is -2.19. The summed E-state index contributed by atoms with van der Waals surface area (Å²) in [4.78, 5) is 21.5. The van der Waals surface area contributed by atoms with Crippen molar-refractivity contribution >= 4 is 11.9 Å². The predicted octanol–water partition coefficient (Wildman–Crippen LogP) is -1.57. The summed E-state index contributed by atoms with van der Waals surface area (Å²) in [6.45, 7) is 0. The maximum atomic E-state index is 12.9. The number of halogens is 1. The van der Waals surface area contributed by atoms with Gasteiger partial charge in [0.05, 0.1) is 11.9 Å². The van der Waals surface area contributed by atoms with Crippen LogP contribution in [0.5, 0.6) is 0 Å². The van der Waals surface area contributed by atoms with Crippen LogP contribution < -0.4 is 10.8 Å². The minimum atomic E-state index is -1.50. The summed E-state index contributed by atoms with van der Waals surface area (Å²) in [7, 11) is 0. The second-order valence-corrected chi connectivity index (χ2v) is 3.70. The van der Waals surface area contributed by atoms with E-state index >= 15 is 0 Å². The highest BCUT2D eigenvalue weighted by atomic mass is 19.1. The monoisotopic (exact) mass is 241 g/mol. The molecule has 0 aliphatic carbocycles. The first-order chi connectivity index (χ1) is 7.91. The summed E-state index contributed by atoms with van der Waals surface area (Å²) in [6, 6.07) is 3.99. The summed E-state index contributed by atoms with van der Waals surface area (Å²) < 4.78 is 12.9. The Kier molecular flexibility index (Phi) is 4.17. The van der Waals surface area contributed by atoms with Crippen LogP contribution in [0.2, 0.25) is 0 Å².